The van der Waals surface area contributed by atoms with Crippen LogP contribution in [-0.2, 0) is 6.54 Å². The molecule has 0 fully saturated rings. The van der Waals surface area contributed by atoms with Crippen LogP contribution in [0.2, 0.25) is 0 Å². The molecule has 1 aromatic carbocycles. The van der Waals surface area contributed by atoms with Crippen molar-refractivity contribution in [3.05, 3.63) is 78.7 Å². The van der Waals surface area contributed by atoms with Gasteiger partial charge in [-0.2, -0.15) is 5.10 Å². The average molecular weight is 532 g/mol. The van der Waals surface area contributed by atoms with Crippen molar-refractivity contribution in [3.63, 3.8) is 0 Å². The Morgan fingerprint density at radius 2 is 1.90 bits per heavy atom. The van der Waals surface area contributed by atoms with Crippen molar-refractivity contribution >= 4 is 34.4 Å². The van der Waals surface area contributed by atoms with Gasteiger partial charge in [0.15, 0.2) is 11.6 Å². The second kappa shape index (κ2) is 8.43. The Morgan fingerprint density at radius 3 is 2.57 bits per heavy atom. The van der Waals surface area contributed by atoms with E-state index < -0.39 is 0 Å². The topological polar surface area (TPSA) is 76.7 Å². The highest BCUT2D eigenvalue weighted by molar-refractivity contribution is 14.1. The molecule has 6 nitrogen and oxygen atoms in total. The molecule has 0 atom stereocenters. The number of halogens is 1. The fourth-order valence-electron chi connectivity index (χ4n) is 3.42. The highest BCUT2D eigenvalue weighted by Gasteiger charge is 2.19. The van der Waals surface area contributed by atoms with Crippen LogP contribution in [-0.4, -0.2) is 19.7 Å². The Balaban J connectivity index is 1.81. The first kappa shape index (κ1) is 20.9. The minimum Gasteiger partial charge on any atom is -0.461 e. The Morgan fingerprint density at radius 1 is 1.17 bits per heavy atom. The van der Waals surface area contributed by atoms with Crippen molar-refractivity contribution in [1.82, 2.24) is 19.7 Å². The number of aromatic nitrogens is 4. The van der Waals surface area contributed by atoms with Gasteiger partial charge < -0.3 is 9.40 Å². The average Bonchev–Trinajstić information content (AvgIpc) is 3.31. The predicted octanol–water partition coefficient (Wildman–Crippen LogP) is 5.26. The van der Waals surface area contributed by atoms with Crippen molar-refractivity contribution in [2.75, 3.05) is 0 Å². The molecule has 0 saturated heterocycles. The Bertz CT molecular complexity index is 1260. The van der Waals surface area contributed by atoms with Gasteiger partial charge in [-0.3, -0.25) is 4.79 Å². The van der Waals surface area contributed by atoms with Gasteiger partial charge in [-0.05, 0) is 85.7 Å². The van der Waals surface area contributed by atoms with Crippen LogP contribution in [0.5, 0.6) is 0 Å². The number of aryl methyl sites for hydroxylation is 4. The first-order chi connectivity index (χ1) is 14.3. The first-order valence-electron chi connectivity index (χ1n) is 9.44. The molecule has 4 rings (SSSR count). The van der Waals surface area contributed by atoms with Crippen LogP contribution in [0.4, 0.5) is 0 Å². The van der Waals surface area contributed by atoms with E-state index in [-0.39, 0.29) is 5.56 Å². The molecule has 0 aliphatic carbocycles. The number of benzene rings is 1. The number of hydrogen-bond acceptors (Lipinski definition) is 5. The van der Waals surface area contributed by atoms with Crippen LogP contribution >= 0.6 is 34.4 Å². The summed E-state index contributed by atoms with van der Waals surface area (Å²) in [6.07, 6.45) is 1.62. The molecule has 0 bridgehead atoms. The van der Waals surface area contributed by atoms with E-state index in [1.165, 1.54) is 11.1 Å². The van der Waals surface area contributed by atoms with Crippen LogP contribution in [0.15, 0.2) is 55.6 Å². The van der Waals surface area contributed by atoms with Crippen molar-refractivity contribution < 1.29 is 4.42 Å². The summed E-state index contributed by atoms with van der Waals surface area (Å²) < 4.78 is 8.05. The van der Waals surface area contributed by atoms with Gasteiger partial charge in [0.2, 0.25) is 0 Å². The van der Waals surface area contributed by atoms with E-state index in [2.05, 4.69) is 69.7 Å². The number of nitrogens with zero attached hydrogens (tertiary/aromatic N) is 3. The van der Waals surface area contributed by atoms with Crippen molar-refractivity contribution in [2.45, 2.75) is 44.0 Å². The zero-order valence-corrected chi connectivity index (χ0v) is 20.1. The second-order valence-electron chi connectivity index (χ2n) is 7.24. The van der Waals surface area contributed by atoms with Gasteiger partial charge >= 0.3 is 0 Å². The third-order valence-electron chi connectivity index (χ3n) is 4.67. The zero-order chi connectivity index (χ0) is 21.4. The SMILES string of the molecule is Cc1cc(C)cc(Sc2c(Cn3nc(C)nc3-c3ccco3)c(C)[nH]c(=O)c2I)c1. The number of H-pyrrole nitrogens is 1. The molecule has 3 aromatic heterocycles. The largest absolute Gasteiger partial charge is 0.461 e. The van der Waals surface area contributed by atoms with Crippen LogP contribution in [0.3, 0.4) is 0 Å². The Kier molecular flexibility index (Phi) is 5.88. The van der Waals surface area contributed by atoms with E-state index in [4.69, 9.17) is 4.42 Å². The van der Waals surface area contributed by atoms with E-state index in [0.29, 0.717) is 27.5 Å². The molecule has 0 unspecified atom stereocenters. The van der Waals surface area contributed by atoms with Gasteiger partial charge in [-0.1, -0.05) is 17.8 Å². The standard InChI is InChI=1S/C22H21IN4O2S/c1-12-8-13(2)10-16(9-12)30-20-17(14(3)24-22(28)19(20)23)11-27-21(25-15(4)26-27)18-6-5-7-29-18/h5-10H,11H2,1-4H3,(H,24,28). The van der Waals surface area contributed by atoms with Crippen LogP contribution in [0.25, 0.3) is 11.6 Å². The quantitative estimate of drug-likeness (QED) is 0.355. The summed E-state index contributed by atoms with van der Waals surface area (Å²) >= 11 is 3.74. The third kappa shape index (κ3) is 4.24. The number of nitrogens with one attached hydrogen (secondary N) is 1. The fraction of sp³-hybridized carbons (Fsp3) is 0.227. The molecule has 8 heteroatoms. The molecule has 1 N–H and O–H groups in total. The molecule has 0 spiro atoms. The van der Waals surface area contributed by atoms with Crippen molar-refractivity contribution in [3.8, 4) is 11.6 Å². The summed E-state index contributed by atoms with van der Waals surface area (Å²) in [7, 11) is 0. The normalized spacial score (nSPS) is 11.2. The third-order valence-corrected chi connectivity index (χ3v) is 7.19. The lowest BCUT2D eigenvalue weighted by atomic mass is 10.2. The fourth-order valence-corrected chi connectivity index (χ4v) is 5.46. The maximum absolute atomic E-state index is 12.5. The van der Waals surface area contributed by atoms with E-state index in [9.17, 15) is 4.79 Å². The molecule has 4 aromatic rings. The summed E-state index contributed by atoms with van der Waals surface area (Å²) in [4.78, 5) is 22.1. The second-order valence-corrected chi connectivity index (χ2v) is 9.41. The highest BCUT2D eigenvalue weighted by Crippen LogP contribution is 2.35. The molecule has 0 radical (unpaired) electrons. The van der Waals surface area contributed by atoms with Crippen LogP contribution in [0, 0.1) is 31.3 Å². The zero-order valence-electron chi connectivity index (χ0n) is 17.1. The molecular weight excluding hydrogens is 511 g/mol. The van der Waals surface area contributed by atoms with Gasteiger partial charge in [-0.15, -0.1) is 0 Å². The van der Waals surface area contributed by atoms with Gasteiger partial charge in [0.1, 0.15) is 5.82 Å². The minimum atomic E-state index is -0.0789. The number of aromatic amines is 1. The van der Waals surface area contributed by atoms with E-state index in [1.54, 1.807) is 18.0 Å². The molecule has 0 amide bonds. The van der Waals surface area contributed by atoms with Crippen molar-refractivity contribution in [1.29, 1.82) is 0 Å². The summed E-state index contributed by atoms with van der Waals surface area (Å²) in [5.74, 6) is 2.00. The summed E-state index contributed by atoms with van der Waals surface area (Å²) in [5, 5.41) is 4.57. The predicted molar refractivity (Wildman–Crippen MR) is 126 cm³/mol. The van der Waals surface area contributed by atoms with Crippen molar-refractivity contribution in [2.24, 2.45) is 0 Å². The Hall–Kier alpha value is -2.33. The lowest BCUT2D eigenvalue weighted by Crippen LogP contribution is -2.18. The molecule has 0 aliphatic rings. The van der Waals surface area contributed by atoms with E-state index in [1.807, 2.05) is 30.7 Å². The van der Waals surface area contributed by atoms with E-state index in [0.717, 1.165) is 21.0 Å². The number of furan rings is 1. The maximum atomic E-state index is 12.5. The number of pyridine rings is 1. The van der Waals surface area contributed by atoms with Crippen LogP contribution < -0.4 is 5.56 Å². The molecular formula is C22H21IN4O2S. The summed E-state index contributed by atoms with van der Waals surface area (Å²) in [6, 6.07) is 10.1. The number of hydrogen-bond donors (Lipinski definition) is 1. The van der Waals surface area contributed by atoms with Gasteiger partial charge in [-0.25, -0.2) is 9.67 Å². The summed E-state index contributed by atoms with van der Waals surface area (Å²) in [5.41, 5.74) is 4.15. The maximum Gasteiger partial charge on any atom is 0.262 e. The smallest absolute Gasteiger partial charge is 0.262 e. The molecule has 3 heterocycles. The lowest BCUT2D eigenvalue weighted by Gasteiger charge is -2.15. The highest BCUT2D eigenvalue weighted by atomic mass is 127. The molecule has 0 aliphatic heterocycles. The Labute approximate surface area is 192 Å². The number of rotatable bonds is 5. The van der Waals surface area contributed by atoms with Gasteiger partial charge in [0, 0.05) is 21.0 Å². The molecule has 30 heavy (non-hydrogen) atoms. The lowest BCUT2D eigenvalue weighted by molar-refractivity contribution is 0.564. The van der Waals surface area contributed by atoms with E-state index >= 15 is 0 Å². The monoisotopic (exact) mass is 532 g/mol. The first-order valence-corrected chi connectivity index (χ1v) is 11.3. The molecule has 0 saturated carbocycles. The van der Waals surface area contributed by atoms with Gasteiger partial charge in [0.25, 0.3) is 5.56 Å². The minimum absolute atomic E-state index is 0.0789. The summed E-state index contributed by atoms with van der Waals surface area (Å²) in [6.45, 7) is 8.43. The van der Waals surface area contributed by atoms with Crippen LogP contribution in [0.1, 0.15) is 28.2 Å². The molecule has 154 valence electrons. The van der Waals surface area contributed by atoms with Gasteiger partial charge in [0.05, 0.1) is 16.4 Å².